The van der Waals surface area contributed by atoms with E-state index >= 15 is 0 Å². The fourth-order valence-corrected chi connectivity index (χ4v) is 4.64. The molecule has 1 aliphatic heterocycles. The number of unbranched alkanes of at least 4 members (excludes halogenated alkanes) is 1. The van der Waals surface area contributed by atoms with Crippen molar-refractivity contribution in [2.45, 2.75) is 32.7 Å². The molecule has 0 unspecified atom stereocenters. The van der Waals surface area contributed by atoms with Gasteiger partial charge in [-0.1, -0.05) is 31.5 Å². The number of carbonyl (C=O) groups is 2. The van der Waals surface area contributed by atoms with Gasteiger partial charge >= 0.3 is 5.97 Å². The van der Waals surface area contributed by atoms with Gasteiger partial charge in [-0.25, -0.2) is 4.98 Å². The van der Waals surface area contributed by atoms with E-state index in [-0.39, 0.29) is 12.5 Å². The van der Waals surface area contributed by atoms with E-state index in [1.54, 1.807) is 11.8 Å². The zero-order chi connectivity index (χ0) is 19.7. The Kier molecular flexibility index (Phi) is 5.17. The van der Waals surface area contributed by atoms with Crippen molar-refractivity contribution in [1.29, 1.82) is 0 Å². The van der Waals surface area contributed by atoms with Crippen LogP contribution >= 0.6 is 11.3 Å². The van der Waals surface area contributed by atoms with Gasteiger partial charge < -0.3 is 4.74 Å². The molecule has 0 fully saturated rings. The van der Waals surface area contributed by atoms with E-state index < -0.39 is 17.9 Å². The number of rotatable bonds is 6. The van der Waals surface area contributed by atoms with Crippen LogP contribution in [0.2, 0.25) is 0 Å². The Balaban J connectivity index is 1.95. The fraction of sp³-hybridized carbons (Fsp3) is 0.381. The zero-order valence-electron chi connectivity index (χ0n) is 16.0. The average molecular weight is 398 g/mol. The van der Waals surface area contributed by atoms with Crippen molar-refractivity contribution in [3.63, 3.8) is 0 Å². The summed E-state index contributed by atoms with van der Waals surface area (Å²) in [6.45, 7) is 4.62. The molecule has 2 atom stereocenters. The van der Waals surface area contributed by atoms with Crippen LogP contribution < -0.4 is 4.90 Å². The van der Waals surface area contributed by atoms with Crippen LogP contribution in [-0.2, 0) is 14.3 Å². The van der Waals surface area contributed by atoms with Crippen LogP contribution in [0.1, 0.15) is 37.6 Å². The molecule has 146 valence electrons. The first kappa shape index (κ1) is 18.7. The van der Waals surface area contributed by atoms with Crippen LogP contribution in [-0.4, -0.2) is 34.6 Å². The molecule has 7 heteroatoms. The number of esters is 1. The lowest BCUT2D eigenvalue weighted by molar-refractivity contribution is -0.153. The van der Waals surface area contributed by atoms with E-state index in [9.17, 15) is 9.59 Å². The molecular weight excluding hydrogens is 374 g/mol. The maximum absolute atomic E-state index is 13.5. The molecule has 6 nitrogen and oxygen atoms in total. The summed E-state index contributed by atoms with van der Waals surface area (Å²) < 4.78 is 7.36. The van der Waals surface area contributed by atoms with E-state index in [4.69, 9.17) is 9.72 Å². The lowest BCUT2D eigenvalue weighted by atomic mass is 9.94. The van der Waals surface area contributed by atoms with Crippen molar-refractivity contribution in [1.82, 2.24) is 9.55 Å². The van der Waals surface area contributed by atoms with Gasteiger partial charge in [-0.05, 0) is 36.9 Å². The first-order chi connectivity index (χ1) is 13.7. The maximum atomic E-state index is 13.5. The third-order valence-electron chi connectivity index (χ3n) is 5.06. The lowest BCUT2D eigenvalue weighted by Crippen LogP contribution is -2.50. The Hall–Kier alpha value is -2.67. The molecule has 0 radical (unpaired) electrons. The van der Waals surface area contributed by atoms with Gasteiger partial charge in [0.2, 0.25) is 11.9 Å². The number of fused-ring (bicyclic) bond motifs is 3. The van der Waals surface area contributed by atoms with Gasteiger partial charge in [0.25, 0.3) is 0 Å². The maximum Gasteiger partial charge on any atom is 0.321 e. The van der Waals surface area contributed by atoms with Gasteiger partial charge in [0, 0.05) is 11.4 Å². The van der Waals surface area contributed by atoms with Gasteiger partial charge in [0.1, 0.15) is 0 Å². The van der Waals surface area contributed by atoms with Gasteiger partial charge in [-0.15, -0.1) is 11.3 Å². The number of benzene rings is 1. The van der Waals surface area contributed by atoms with Crippen LogP contribution in [0.3, 0.4) is 0 Å². The topological polar surface area (TPSA) is 64.4 Å². The standard InChI is InChI=1S/C21H23N3O3S/c1-3-5-12-23-19(25)17(20(26)27-4-2)18(16-11-8-13-28-16)24-15-10-7-6-9-14(15)22-21(23)24/h6-11,13,17-18H,3-5,12H2,1-2H3/t17-,18-/m0/s1. The monoisotopic (exact) mass is 397 g/mol. The Morgan fingerprint density at radius 2 is 2.04 bits per heavy atom. The highest BCUT2D eigenvalue weighted by Gasteiger charge is 2.48. The first-order valence-electron chi connectivity index (χ1n) is 9.65. The molecule has 1 aliphatic rings. The summed E-state index contributed by atoms with van der Waals surface area (Å²) in [6, 6.07) is 11.3. The fourth-order valence-electron chi connectivity index (χ4n) is 3.79. The minimum Gasteiger partial charge on any atom is -0.465 e. The normalized spacial score (nSPS) is 19.1. The smallest absolute Gasteiger partial charge is 0.321 e. The van der Waals surface area contributed by atoms with Crippen molar-refractivity contribution in [3.05, 3.63) is 46.7 Å². The number of para-hydroxylation sites is 2. The number of ether oxygens (including phenoxy) is 1. The number of hydrogen-bond donors (Lipinski definition) is 0. The number of hydrogen-bond acceptors (Lipinski definition) is 5. The molecule has 0 bridgehead atoms. The minimum absolute atomic E-state index is 0.229. The van der Waals surface area contributed by atoms with Crippen molar-refractivity contribution >= 4 is 40.2 Å². The zero-order valence-corrected chi connectivity index (χ0v) is 16.8. The summed E-state index contributed by atoms with van der Waals surface area (Å²) in [7, 11) is 0. The van der Waals surface area contributed by atoms with Crippen LogP contribution in [0.25, 0.3) is 11.0 Å². The third kappa shape index (κ3) is 2.99. The van der Waals surface area contributed by atoms with Crippen molar-refractivity contribution in [3.8, 4) is 0 Å². The lowest BCUT2D eigenvalue weighted by Gasteiger charge is -2.37. The molecule has 0 aliphatic carbocycles. The summed E-state index contributed by atoms with van der Waals surface area (Å²) in [6.07, 6.45) is 1.79. The van der Waals surface area contributed by atoms with Gasteiger partial charge in [-0.3, -0.25) is 19.1 Å². The van der Waals surface area contributed by atoms with Crippen LogP contribution in [0.5, 0.6) is 0 Å². The summed E-state index contributed by atoms with van der Waals surface area (Å²) in [5.74, 6) is -1.01. The summed E-state index contributed by atoms with van der Waals surface area (Å²) in [5.41, 5.74) is 1.73. The Bertz CT molecular complexity index is 996. The first-order valence-corrected chi connectivity index (χ1v) is 10.5. The highest BCUT2D eigenvalue weighted by atomic mass is 32.1. The average Bonchev–Trinajstić information content (AvgIpc) is 3.34. The van der Waals surface area contributed by atoms with Crippen molar-refractivity contribution < 1.29 is 14.3 Å². The molecule has 0 N–H and O–H groups in total. The molecule has 4 rings (SSSR count). The van der Waals surface area contributed by atoms with Crippen LogP contribution in [0.15, 0.2) is 41.8 Å². The van der Waals surface area contributed by atoms with Crippen LogP contribution in [0.4, 0.5) is 5.95 Å². The Morgan fingerprint density at radius 1 is 1.21 bits per heavy atom. The van der Waals surface area contributed by atoms with Gasteiger partial charge in [-0.2, -0.15) is 0 Å². The number of carbonyl (C=O) groups excluding carboxylic acids is 2. The second kappa shape index (κ2) is 7.75. The molecule has 0 spiro atoms. The highest BCUT2D eigenvalue weighted by molar-refractivity contribution is 7.10. The molecule has 0 saturated heterocycles. The summed E-state index contributed by atoms with van der Waals surface area (Å²) in [4.78, 5) is 33.7. The Labute approximate surface area is 167 Å². The Morgan fingerprint density at radius 3 is 2.75 bits per heavy atom. The molecule has 3 aromatic rings. The van der Waals surface area contributed by atoms with E-state index in [0.29, 0.717) is 12.5 Å². The van der Waals surface area contributed by atoms with Gasteiger partial charge in [0.15, 0.2) is 5.92 Å². The van der Waals surface area contributed by atoms with Crippen LogP contribution in [0, 0.1) is 5.92 Å². The second-order valence-electron chi connectivity index (χ2n) is 6.80. The molecular formula is C21H23N3O3S. The molecule has 2 aromatic heterocycles. The predicted molar refractivity (Wildman–Crippen MR) is 110 cm³/mol. The molecule has 0 saturated carbocycles. The molecule has 3 heterocycles. The number of anilines is 1. The molecule has 1 aromatic carbocycles. The van der Waals surface area contributed by atoms with E-state index in [1.807, 2.05) is 46.3 Å². The number of aromatic nitrogens is 2. The second-order valence-corrected chi connectivity index (χ2v) is 7.78. The van der Waals surface area contributed by atoms with Crippen molar-refractivity contribution in [2.24, 2.45) is 5.92 Å². The van der Waals surface area contributed by atoms with Crippen molar-refractivity contribution in [2.75, 3.05) is 18.1 Å². The quantitative estimate of drug-likeness (QED) is 0.466. The largest absolute Gasteiger partial charge is 0.465 e. The number of nitrogens with zero attached hydrogens (tertiary/aromatic N) is 3. The third-order valence-corrected chi connectivity index (χ3v) is 6.00. The highest BCUT2D eigenvalue weighted by Crippen LogP contribution is 2.42. The molecule has 1 amide bonds. The molecule has 28 heavy (non-hydrogen) atoms. The van der Waals surface area contributed by atoms with E-state index in [2.05, 4.69) is 6.92 Å². The SMILES string of the molecule is CCCCN1C(=O)[C@@H](C(=O)OCC)[C@H](c2cccs2)n2c1nc1ccccc12. The summed E-state index contributed by atoms with van der Waals surface area (Å²) in [5, 5.41) is 1.96. The minimum atomic E-state index is -0.916. The van der Waals surface area contributed by atoms with E-state index in [0.717, 1.165) is 28.8 Å². The number of thiophene rings is 1. The number of amides is 1. The summed E-state index contributed by atoms with van der Waals surface area (Å²) >= 11 is 1.54. The predicted octanol–water partition coefficient (Wildman–Crippen LogP) is 4.01. The van der Waals surface area contributed by atoms with E-state index in [1.165, 1.54) is 11.3 Å². The number of imidazole rings is 1. The van der Waals surface area contributed by atoms with Gasteiger partial charge in [0.05, 0.1) is 23.7 Å².